The molecule has 3 saturated heterocycles. The minimum Gasteiger partial charge on any atom is -0.373 e. The molecule has 1 N–H and O–H groups in total. The van der Waals surface area contributed by atoms with Crippen LogP contribution in [0.1, 0.15) is 33.1 Å². The average molecular weight is 295 g/mol. The van der Waals surface area contributed by atoms with E-state index in [0.717, 1.165) is 19.7 Å². The number of carbonyl (C=O) groups excluding carboxylic acids is 2. The zero-order valence-electron chi connectivity index (χ0n) is 12.9. The van der Waals surface area contributed by atoms with Crippen molar-refractivity contribution in [3.05, 3.63) is 0 Å². The average Bonchev–Trinajstić information content (AvgIpc) is 2.92. The smallest absolute Gasteiger partial charge is 0.248 e. The molecule has 6 nitrogen and oxygen atoms in total. The lowest BCUT2D eigenvalue weighted by Crippen LogP contribution is -2.66. The molecule has 3 heterocycles. The number of nitrogens with zero attached hydrogens (tertiary/aromatic N) is 2. The molecule has 0 spiro atoms. The largest absolute Gasteiger partial charge is 0.373 e. The van der Waals surface area contributed by atoms with E-state index in [9.17, 15) is 9.59 Å². The zero-order valence-corrected chi connectivity index (χ0v) is 12.9. The number of nitrogens with one attached hydrogen (secondary N) is 1. The van der Waals surface area contributed by atoms with Gasteiger partial charge in [-0.25, -0.2) is 0 Å². The van der Waals surface area contributed by atoms with E-state index >= 15 is 0 Å². The standard InChI is InChI=1S/C15H25N3O3/c1-3-15(2)14(20)18(9-13(19)16-15)8-12-7-17-6-4-5-11(17)10-21-12/h11-12H,3-10H2,1-2H3,(H,16,19). The second-order valence-electron chi connectivity index (χ2n) is 6.67. The molecule has 0 radical (unpaired) electrons. The second kappa shape index (κ2) is 5.57. The number of carbonyl (C=O) groups is 2. The number of morpholine rings is 1. The highest BCUT2D eigenvalue weighted by Gasteiger charge is 2.43. The monoisotopic (exact) mass is 295 g/mol. The quantitative estimate of drug-likeness (QED) is 0.795. The topological polar surface area (TPSA) is 61.9 Å². The van der Waals surface area contributed by atoms with E-state index in [2.05, 4.69) is 10.2 Å². The molecule has 3 fully saturated rings. The normalized spacial score (nSPS) is 37.5. The van der Waals surface area contributed by atoms with Crippen molar-refractivity contribution in [2.45, 2.75) is 50.8 Å². The van der Waals surface area contributed by atoms with Gasteiger partial charge in [-0.15, -0.1) is 0 Å². The Bertz CT molecular complexity index is 442. The summed E-state index contributed by atoms with van der Waals surface area (Å²) in [5.41, 5.74) is -0.764. The van der Waals surface area contributed by atoms with E-state index in [1.807, 2.05) is 6.92 Å². The highest BCUT2D eigenvalue weighted by molar-refractivity contribution is 5.97. The maximum Gasteiger partial charge on any atom is 0.248 e. The number of hydrogen-bond donors (Lipinski definition) is 1. The molecule has 3 unspecified atom stereocenters. The molecule has 0 aromatic rings. The molecule has 0 aromatic carbocycles. The molecule has 118 valence electrons. The maximum absolute atomic E-state index is 12.6. The van der Waals surface area contributed by atoms with Crippen molar-refractivity contribution in [1.29, 1.82) is 0 Å². The molecule has 0 saturated carbocycles. The molecule has 3 aliphatic heterocycles. The fraction of sp³-hybridized carbons (Fsp3) is 0.867. The number of ether oxygens (including phenoxy) is 1. The van der Waals surface area contributed by atoms with E-state index in [4.69, 9.17) is 4.74 Å². The third-order valence-corrected chi connectivity index (χ3v) is 5.10. The fourth-order valence-electron chi connectivity index (χ4n) is 3.62. The van der Waals surface area contributed by atoms with Crippen molar-refractivity contribution in [3.8, 4) is 0 Å². The molecule has 6 heteroatoms. The zero-order chi connectivity index (χ0) is 15.0. The molecular weight excluding hydrogens is 270 g/mol. The summed E-state index contributed by atoms with van der Waals surface area (Å²) in [5.74, 6) is -0.0643. The van der Waals surface area contributed by atoms with Gasteiger partial charge in [0.25, 0.3) is 0 Å². The van der Waals surface area contributed by atoms with E-state index in [1.54, 1.807) is 11.8 Å². The minimum atomic E-state index is -0.764. The van der Waals surface area contributed by atoms with E-state index in [0.29, 0.717) is 19.0 Å². The van der Waals surface area contributed by atoms with Gasteiger partial charge >= 0.3 is 0 Å². The van der Waals surface area contributed by atoms with Gasteiger partial charge in [-0.2, -0.15) is 0 Å². The van der Waals surface area contributed by atoms with Crippen LogP contribution >= 0.6 is 0 Å². The SMILES string of the molecule is CCC1(C)NC(=O)CN(CC2CN3CCCC3CO2)C1=O. The van der Waals surface area contributed by atoms with Crippen LogP contribution in [0.25, 0.3) is 0 Å². The van der Waals surface area contributed by atoms with Crippen LogP contribution in [0.5, 0.6) is 0 Å². The first kappa shape index (κ1) is 14.8. The molecule has 0 aliphatic carbocycles. The van der Waals surface area contributed by atoms with Crippen molar-refractivity contribution in [3.63, 3.8) is 0 Å². The van der Waals surface area contributed by atoms with Gasteiger partial charge in [-0.05, 0) is 32.7 Å². The van der Waals surface area contributed by atoms with E-state index < -0.39 is 5.54 Å². The predicted octanol–water partition coefficient (Wildman–Crippen LogP) is -0.0233. The molecule has 0 bridgehead atoms. The summed E-state index contributed by atoms with van der Waals surface area (Å²) in [4.78, 5) is 28.6. The van der Waals surface area contributed by atoms with Crippen LogP contribution in [-0.4, -0.2) is 72.1 Å². The Labute approximate surface area is 125 Å². The summed E-state index contributed by atoms with van der Waals surface area (Å²) < 4.78 is 5.91. The van der Waals surface area contributed by atoms with Crippen LogP contribution in [0.15, 0.2) is 0 Å². The molecular formula is C15H25N3O3. The van der Waals surface area contributed by atoms with E-state index in [1.165, 1.54) is 12.8 Å². The van der Waals surface area contributed by atoms with Gasteiger partial charge in [0.05, 0.1) is 19.3 Å². The Hall–Kier alpha value is -1.14. The highest BCUT2D eigenvalue weighted by atomic mass is 16.5. The van der Waals surface area contributed by atoms with E-state index in [-0.39, 0.29) is 24.5 Å². The lowest BCUT2D eigenvalue weighted by molar-refractivity contribution is -0.152. The minimum absolute atomic E-state index is 0.0109. The van der Waals surface area contributed by atoms with Crippen LogP contribution in [-0.2, 0) is 14.3 Å². The number of fused-ring (bicyclic) bond motifs is 1. The summed E-state index contributed by atoms with van der Waals surface area (Å²) in [5, 5.41) is 2.82. The molecule has 2 amide bonds. The van der Waals surface area contributed by atoms with Crippen molar-refractivity contribution in [2.75, 3.05) is 32.8 Å². The van der Waals surface area contributed by atoms with Gasteiger partial charge in [0.15, 0.2) is 0 Å². The van der Waals surface area contributed by atoms with Gasteiger partial charge in [0, 0.05) is 19.1 Å². The molecule has 3 aliphatic rings. The second-order valence-corrected chi connectivity index (χ2v) is 6.67. The first-order valence-corrected chi connectivity index (χ1v) is 7.98. The van der Waals surface area contributed by atoms with Crippen LogP contribution in [0.3, 0.4) is 0 Å². The Morgan fingerprint density at radius 2 is 2.24 bits per heavy atom. The van der Waals surface area contributed by atoms with Gasteiger partial charge in [-0.3, -0.25) is 14.5 Å². The van der Waals surface area contributed by atoms with Crippen molar-refractivity contribution >= 4 is 11.8 Å². The first-order chi connectivity index (χ1) is 10.0. The van der Waals surface area contributed by atoms with Crippen LogP contribution in [0, 0.1) is 0 Å². The van der Waals surface area contributed by atoms with Crippen LogP contribution < -0.4 is 5.32 Å². The van der Waals surface area contributed by atoms with Gasteiger partial charge < -0.3 is 15.0 Å². The summed E-state index contributed by atoms with van der Waals surface area (Å²) in [6.07, 6.45) is 3.08. The maximum atomic E-state index is 12.6. The Balaban J connectivity index is 1.63. The number of rotatable bonds is 3. The number of amides is 2. The predicted molar refractivity (Wildman–Crippen MR) is 77.8 cm³/mol. The first-order valence-electron chi connectivity index (χ1n) is 7.98. The Kier molecular flexibility index (Phi) is 3.92. The van der Waals surface area contributed by atoms with Gasteiger partial charge in [0.2, 0.25) is 11.8 Å². The molecule has 21 heavy (non-hydrogen) atoms. The molecule has 3 rings (SSSR count). The highest BCUT2D eigenvalue weighted by Crippen LogP contribution is 2.24. The summed E-state index contributed by atoms with van der Waals surface area (Å²) in [6.45, 7) is 7.16. The third kappa shape index (κ3) is 2.79. The lowest BCUT2D eigenvalue weighted by atomic mass is 9.94. The van der Waals surface area contributed by atoms with Crippen LogP contribution in [0.2, 0.25) is 0 Å². The van der Waals surface area contributed by atoms with Gasteiger partial charge in [0.1, 0.15) is 5.54 Å². The molecule has 0 aromatic heterocycles. The van der Waals surface area contributed by atoms with Crippen molar-refractivity contribution in [2.24, 2.45) is 0 Å². The van der Waals surface area contributed by atoms with Crippen LogP contribution in [0.4, 0.5) is 0 Å². The summed E-state index contributed by atoms with van der Waals surface area (Å²) in [7, 11) is 0. The lowest BCUT2D eigenvalue weighted by Gasteiger charge is -2.42. The van der Waals surface area contributed by atoms with Crippen molar-refractivity contribution in [1.82, 2.24) is 15.1 Å². The van der Waals surface area contributed by atoms with Crippen molar-refractivity contribution < 1.29 is 14.3 Å². The summed E-state index contributed by atoms with van der Waals surface area (Å²) >= 11 is 0. The van der Waals surface area contributed by atoms with Gasteiger partial charge in [-0.1, -0.05) is 6.92 Å². The molecule has 3 atom stereocenters. The summed E-state index contributed by atoms with van der Waals surface area (Å²) in [6, 6.07) is 0.558. The Morgan fingerprint density at radius 3 is 3.00 bits per heavy atom. The number of piperazine rings is 1. The Morgan fingerprint density at radius 1 is 1.43 bits per heavy atom. The third-order valence-electron chi connectivity index (χ3n) is 5.10. The fourth-order valence-corrected chi connectivity index (χ4v) is 3.62. The number of hydrogen-bond acceptors (Lipinski definition) is 4.